The summed E-state index contributed by atoms with van der Waals surface area (Å²) in [4.78, 5) is -0.397. The zero-order valence-corrected chi connectivity index (χ0v) is 13.1. The summed E-state index contributed by atoms with van der Waals surface area (Å²) in [5.41, 5.74) is 0. The third-order valence-electron chi connectivity index (χ3n) is 4.12. The van der Waals surface area contributed by atoms with Crippen LogP contribution in [0.25, 0.3) is 0 Å². The number of sulfone groups is 1. The van der Waals surface area contributed by atoms with Crippen molar-refractivity contribution < 1.29 is 17.2 Å². The molecule has 0 amide bonds. The van der Waals surface area contributed by atoms with Gasteiger partial charge >= 0.3 is 0 Å². The summed E-state index contributed by atoms with van der Waals surface area (Å²) >= 11 is 0. The number of hydrogen-bond acceptors (Lipinski definition) is 3. The van der Waals surface area contributed by atoms with Crippen molar-refractivity contribution in [3.05, 3.63) is 29.8 Å². The Labute approximate surface area is 124 Å². The third-order valence-corrected chi connectivity index (χ3v) is 6.38. The lowest BCUT2D eigenvalue weighted by Gasteiger charge is -2.35. The zero-order valence-electron chi connectivity index (χ0n) is 12.3. The summed E-state index contributed by atoms with van der Waals surface area (Å²) < 4.78 is 52.4. The first-order valence-electron chi connectivity index (χ1n) is 7.28. The van der Waals surface area contributed by atoms with Crippen molar-refractivity contribution in [2.45, 2.75) is 49.3 Å². The Hall–Kier alpha value is -1.01. The van der Waals surface area contributed by atoms with E-state index < -0.39 is 31.6 Å². The standard InChI is InChI=1S/C15H21F2NO2S/c1-3-18-13-6-4-10(2)8-15(13)21(19,20)14-7-5-11(16)9-12(14)17/h5,7,9-10,13,15,18H,3-4,6,8H2,1-2H3. The summed E-state index contributed by atoms with van der Waals surface area (Å²) in [5, 5.41) is 2.52. The van der Waals surface area contributed by atoms with Crippen LogP contribution in [0.5, 0.6) is 0 Å². The van der Waals surface area contributed by atoms with Gasteiger partial charge in [0.2, 0.25) is 0 Å². The Bertz CT molecular complexity index is 604. The predicted octanol–water partition coefficient (Wildman–Crippen LogP) is 2.91. The molecule has 1 aromatic rings. The Morgan fingerprint density at radius 1 is 1.29 bits per heavy atom. The lowest BCUT2D eigenvalue weighted by Crippen LogP contribution is -2.48. The predicted molar refractivity (Wildman–Crippen MR) is 77.8 cm³/mol. The lowest BCUT2D eigenvalue weighted by molar-refractivity contribution is 0.311. The van der Waals surface area contributed by atoms with Gasteiger partial charge in [0.1, 0.15) is 16.5 Å². The number of rotatable bonds is 4. The van der Waals surface area contributed by atoms with Crippen LogP contribution in [0.15, 0.2) is 23.1 Å². The maximum Gasteiger partial charge on any atom is 0.185 e. The van der Waals surface area contributed by atoms with Crippen LogP contribution >= 0.6 is 0 Å². The summed E-state index contributed by atoms with van der Waals surface area (Å²) in [6, 6.07) is 2.47. The summed E-state index contributed by atoms with van der Waals surface area (Å²) in [6.07, 6.45) is 2.20. The highest BCUT2D eigenvalue weighted by Crippen LogP contribution is 2.33. The van der Waals surface area contributed by atoms with Gasteiger partial charge in [0.05, 0.1) is 5.25 Å². The first kappa shape index (κ1) is 16.4. The number of nitrogens with one attached hydrogen (secondary N) is 1. The summed E-state index contributed by atoms with van der Waals surface area (Å²) in [6.45, 7) is 4.59. The van der Waals surface area contributed by atoms with Crippen molar-refractivity contribution in [3.8, 4) is 0 Å². The zero-order chi connectivity index (χ0) is 15.6. The van der Waals surface area contributed by atoms with E-state index in [1.807, 2.05) is 13.8 Å². The Morgan fingerprint density at radius 2 is 2.00 bits per heavy atom. The fourth-order valence-corrected chi connectivity index (χ4v) is 5.20. The van der Waals surface area contributed by atoms with Crippen LogP contribution in [-0.2, 0) is 9.84 Å². The van der Waals surface area contributed by atoms with E-state index in [4.69, 9.17) is 0 Å². The molecular formula is C15H21F2NO2S. The Balaban J connectivity index is 2.39. The second-order valence-corrected chi connectivity index (χ2v) is 7.88. The van der Waals surface area contributed by atoms with Crippen LogP contribution in [0.4, 0.5) is 8.78 Å². The van der Waals surface area contributed by atoms with Gasteiger partial charge < -0.3 is 5.32 Å². The fourth-order valence-electron chi connectivity index (χ4n) is 3.04. The normalized spacial score (nSPS) is 26.8. The van der Waals surface area contributed by atoms with Crippen molar-refractivity contribution >= 4 is 9.84 Å². The molecule has 3 nitrogen and oxygen atoms in total. The molecule has 1 fully saturated rings. The first-order valence-corrected chi connectivity index (χ1v) is 8.83. The highest BCUT2D eigenvalue weighted by molar-refractivity contribution is 7.92. The van der Waals surface area contributed by atoms with Gasteiger partial charge in [0, 0.05) is 12.1 Å². The number of hydrogen-bond donors (Lipinski definition) is 1. The molecule has 1 N–H and O–H groups in total. The van der Waals surface area contributed by atoms with E-state index in [2.05, 4.69) is 5.32 Å². The largest absolute Gasteiger partial charge is 0.313 e. The molecule has 1 aliphatic carbocycles. The van der Waals surface area contributed by atoms with Gasteiger partial charge in [-0.15, -0.1) is 0 Å². The van der Waals surface area contributed by atoms with E-state index in [0.717, 1.165) is 25.0 Å². The highest BCUT2D eigenvalue weighted by Gasteiger charge is 2.39. The van der Waals surface area contributed by atoms with E-state index >= 15 is 0 Å². The lowest BCUT2D eigenvalue weighted by atomic mass is 9.87. The van der Waals surface area contributed by atoms with E-state index in [-0.39, 0.29) is 12.0 Å². The van der Waals surface area contributed by atoms with Crippen LogP contribution in [0.1, 0.15) is 33.1 Å². The van der Waals surface area contributed by atoms with Gasteiger partial charge in [-0.25, -0.2) is 17.2 Å². The summed E-state index contributed by atoms with van der Waals surface area (Å²) in [5.74, 6) is -1.50. The molecule has 21 heavy (non-hydrogen) atoms. The molecule has 0 heterocycles. The van der Waals surface area contributed by atoms with Crippen LogP contribution in [-0.4, -0.2) is 26.3 Å². The van der Waals surface area contributed by atoms with Crippen molar-refractivity contribution in [3.63, 3.8) is 0 Å². The van der Waals surface area contributed by atoms with E-state index in [0.29, 0.717) is 19.0 Å². The second-order valence-electron chi connectivity index (χ2n) is 5.74. The van der Waals surface area contributed by atoms with Crippen LogP contribution in [0.2, 0.25) is 0 Å². The van der Waals surface area contributed by atoms with E-state index in [9.17, 15) is 17.2 Å². The van der Waals surface area contributed by atoms with E-state index in [1.54, 1.807) is 0 Å². The van der Waals surface area contributed by atoms with Crippen molar-refractivity contribution in [1.29, 1.82) is 0 Å². The van der Waals surface area contributed by atoms with Gasteiger partial charge in [-0.3, -0.25) is 0 Å². The molecule has 0 saturated heterocycles. The van der Waals surface area contributed by atoms with Crippen LogP contribution in [0.3, 0.4) is 0 Å². The van der Waals surface area contributed by atoms with Gasteiger partial charge in [0.25, 0.3) is 0 Å². The maximum absolute atomic E-state index is 13.9. The molecule has 0 radical (unpaired) electrons. The quantitative estimate of drug-likeness (QED) is 0.869. The van der Waals surface area contributed by atoms with Gasteiger partial charge in [-0.1, -0.05) is 13.8 Å². The first-order chi connectivity index (χ1) is 9.86. The number of halogens is 2. The monoisotopic (exact) mass is 317 g/mol. The molecule has 0 spiro atoms. The molecule has 6 heteroatoms. The van der Waals surface area contributed by atoms with Crippen molar-refractivity contribution in [2.75, 3.05) is 6.54 Å². The van der Waals surface area contributed by atoms with Crippen molar-refractivity contribution in [1.82, 2.24) is 5.32 Å². The molecule has 0 bridgehead atoms. The van der Waals surface area contributed by atoms with Crippen molar-refractivity contribution in [2.24, 2.45) is 5.92 Å². The third kappa shape index (κ3) is 3.43. The highest BCUT2D eigenvalue weighted by atomic mass is 32.2. The fraction of sp³-hybridized carbons (Fsp3) is 0.600. The molecule has 1 saturated carbocycles. The molecular weight excluding hydrogens is 296 g/mol. The molecule has 1 aliphatic rings. The molecule has 0 aliphatic heterocycles. The Morgan fingerprint density at radius 3 is 2.62 bits per heavy atom. The molecule has 3 atom stereocenters. The minimum absolute atomic E-state index is 0.180. The van der Waals surface area contributed by atoms with Crippen LogP contribution < -0.4 is 5.32 Å². The maximum atomic E-state index is 13.9. The van der Waals surface area contributed by atoms with Crippen LogP contribution in [0, 0.1) is 17.6 Å². The Kier molecular flexibility index (Phi) is 4.99. The average Bonchev–Trinajstić information content (AvgIpc) is 2.40. The molecule has 2 rings (SSSR count). The average molecular weight is 317 g/mol. The summed E-state index contributed by atoms with van der Waals surface area (Å²) in [7, 11) is -3.82. The molecule has 0 aromatic heterocycles. The molecule has 1 aromatic carbocycles. The van der Waals surface area contributed by atoms with Gasteiger partial charge in [-0.2, -0.15) is 0 Å². The topological polar surface area (TPSA) is 46.2 Å². The SMILES string of the molecule is CCNC1CCC(C)CC1S(=O)(=O)c1ccc(F)cc1F. The van der Waals surface area contributed by atoms with Gasteiger partial charge in [0.15, 0.2) is 9.84 Å². The number of benzene rings is 1. The smallest absolute Gasteiger partial charge is 0.185 e. The minimum Gasteiger partial charge on any atom is -0.313 e. The minimum atomic E-state index is -3.82. The van der Waals surface area contributed by atoms with E-state index in [1.165, 1.54) is 0 Å². The molecule has 3 unspecified atom stereocenters. The van der Waals surface area contributed by atoms with Gasteiger partial charge in [-0.05, 0) is 43.9 Å². The molecule has 118 valence electrons. The second kappa shape index (κ2) is 6.40.